The van der Waals surface area contributed by atoms with Crippen LogP contribution in [0, 0.1) is 0 Å². The molecular weight excluding hydrogens is 552 g/mol. The van der Waals surface area contributed by atoms with Crippen LogP contribution in [-0.2, 0) is 29.1 Å². The molecule has 1 aromatic heterocycles. The average molecular weight is 585 g/mol. The number of piperazine rings is 1. The lowest BCUT2D eigenvalue weighted by atomic mass is 9.98. The molecule has 3 aromatic rings. The van der Waals surface area contributed by atoms with Crippen LogP contribution in [0.1, 0.15) is 27.3 Å². The van der Waals surface area contributed by atoms with Gasteiger partial charge in [0, 0.05) is 19.5 Å². The van der Waals surface area contributed by atoms with Gasteiger partial charge in [0.05, 0.1) is 25.3 Å². The Morgan fingerprint density at radius 2 is 1.74 bits per heavy atom. The number of rotatable bonds is 9. The van der Waals surface area contributed by atoms with E-state index in [0.29, 0.717) is 11.3 Å². The monoisotopic (exact) mass is 584 g/mol. The first-order valence-corrected chi connectivity index (χ1v) is 13.8. The number of hydrogen-bond acceptors (Lipinski definition) is 7. The highest BCUT2D eigenvalue weighted by molar-refractivity contribution is 5.92. The maximum atomic E-state index is 14.0. The molecule has 5 rings (SSSR count). The van der Waals surface area contributed by atoms with Gasteiger partial charge in [0.1, 0.15) is 23.7 Å². The van der Waals surface area contributed by atoms with Crippen LogP contribution in [0.2, 0.25) is 0 Å². The van der Waals surface area contributed by atoms with Gasteiger partial charge in [-0.05, 0) is 35.4 Å². The molecule has 2 aliphatic heterocycles. The van der Waals surface area contributed by atoms with Gasteiger partial charge in [-0.2, -0.15) is 0 Å². The molecule has 222 valence electrons. The highest BCUT2D eigenvalue weighted by atomic mass is 16.4. The van der Waals surface area contributed by atoms with Gasteiger partial charge in [-0.3, -0.25) is 9.59 Å². The van der Waals surface area contributed by atoms with Gasteiger partial charge in [0.25, 0.3) is 0 Å². The quantitative estimate of drug-likeness (QED) is 0.325. The van der Waals surface area contributed by atoms with E-state index in [-0.39, 0.29) is 62.4 Å². The predicted molar refractivity (Wildman–Crippen MR) is 155 cm³/mol. The number of aromatic hydroxyl groups is 1. The van der Waals surface area contributed by atoms with Crippen molar-refractivity contribution < 1.29 is 29.4 Å². The standard InChI is InChI=1S/C31H32N6O6/c1-2-15-35-20-28(39)36-26(16-21-11-13-24(38)14-12-21)29(40)34(18-23-9-6-10-25(33-23)30(41)42)19-27(36)37(35)31(43)32-17-22-7-4-3-5-8-22/h2-14,26-27,38H,1,15-20H2,(H,32,43)(H,41,42)/t26-,27-/m0/s1. The molecule has 0 unspecified atom stereocenters. The summed E-state index contributed by atoms with van der Waals surface area (Å²) in [5, 5.41) is 25.2. The summed E-state index contributed by atoms with van der Waals surface area (Å²) in [6.45, 7) is 4.07. The van der Waals surface area contributed by atoms with Crippen molar-refractivity contribution in [3.8, 4) is 5.75 Å². The van der Waals surface area contributed by atoms with E-state index in [2.05, 4.69) is 16.9 Å². The van der Waals surface area contributed by atoms with E-state index in [9.17, 15) is 29.4 Å². The second kappa shape index (κ2) is 12.7. The lowest BCUT2D eigenvalue weighted by molar-refractivity contribution is -0.189. The Morgan fingerprint density at radius 1 is 1.00 bits per heavy atom. The van der Waals surface area contributed by atoms with E-state index < -0.39 is 24.2 Å². The number of carboxylic acids is 1. The van der Waals surface area contributed by atoms with Crippen molar-refractivity contribution in [3.63, 3.8) is 0 Å². The Hall–Kier alpha value is -5.23. The molecule has 0 aliphatic carbocycles. The molecule has 12 nitrogen and oxygen atoms in total. The van der Waals surface area contributed by atoms with Crippen LogP contribution in [-0.4, -0.2) is 90.7 Å². The van der Waals surface area contributed by atoms with E-state index in [1.807, 2.05) is 30.3 Å². The number of amides is 4. The Morgan fingerprint density at radius 3 is 2.44 bits per heavy atom. The zero-order valence-corrected chi connectivity index (χ0v) is 23.4. The lowest BCUT2D eigenvalue weighted by Crippen LogP contribution is -2.76. The fourth-order valence-electron chi connectivity index (χ4n) is 5.44. The molecule has 3 heterocycles. The molecule has 0 bridgehead atoms. The number of phenols is 1. The Labute approximate surface area is 248 Å². The van der Waals surface area contributed by atoms with Gasteiger partial charge in [-0.25, -0.2) is 24.6 Å². The summed E-state index contributed by atoms with van der Waals surface area (Å²) in [6.07, 6.45) is 0.877. The Balaban J connectivity index is 1.50. The fraction of sp³-hybridized carbons (Fsp3) is 0.258. The van der Waals surface area contributed by atoms with Crippen molar-refractivity contribution in [3.05, 3.63) is 108 Å². The largest absolute Gasteiger partial charge is 0.508 e. The van der Waals surface area contributed by atoms with Gasteiger partial charge in [-0.15, -0.1) is 6.58 Å². The molecular formula is C31H32N6O6. The van der Waals surface area contributed by atoms with Crippen molar-refractivity contribution in [1.82, 2.24) is 30.1 Å². The Kier molecular flexibility index (Phi) is 8.67. The zero-order chi connectivity index (χ0) is 30.5. The average Bonchev–Trinajstić information content (AvgIpc) is 3.00. The van der Waals surface area contributed by atoms with E-state index in [1.54, 1.807) is 35.4 Å². The maximum Gasteiger partial charge on any atom is 0.354 e. The molecule has 12 heteroatoms. The SMILES string of the molecule is C=CCN1CC(=O)N2[C@@H](Cc3ccc(O)cc3)C(=O)N(Cc3cccc(C(=O)O)n3)C[C@@H]2N1C(=O)NCc1ccccc1. The van der Waals surface area contributed by atoms with Crippen LogP contribution in [0.15, 0.2) is 85.5 Å². The normalized spacial score (nSPS) is 18.7. The van der Waals surface area contributed by atoms with Crippen molar-refractivity contribution in [2.45, 2.75) is 31.7 Å². The third kappa shape index (κ3) is 6.49. The predicted octanol–water partition coefficient (Wildman–Crippen LogP) is 2.22. The van der Waals surface area contributed by atoms with E-state index in [0.717, 1.165) is 5.56 Å². The first-order chi connectivity index (χ1) is 20.7. The number of aromatic carboxylic acids is 1. The molecule has 2 aliphatic rings. The second-order valence-corrected chi connectivity index (χ2v) is 10.3. The fourth-order valence-corrected chi connectivity index (χ4v) is 5.44. The number of hydrazine groups is 1. The summed E-state index contributed by atoms with van der Waals surface area (Å²) in [5.74, 6) is -1.80. The molecule has 43 heavy (non-hydrogen) atoms. The number of fused-ring (bicyclic) bond motifs is 1. The summed E-state index contributed by atoms with van der Waals surface area (Å²) in [7, 11) is 0. The number of pyridine rings is 1. The first kappa shape index (κ1) is 29.3. The second-order valence-electron chi connectivity index (χ2n) is 10.3. The van der Waals surface area contributed by atoms with Crippen LogP contribution in [0.5, 0.6) is 5.75 Å². The highest BCUT2D eigenvalue weighted by Gasteiger charge is 2.51. The van der Waals surface area contributed by atoms with Crippen molar-refractivity contribution in [2.75, 3.05) is 19.6 Å². The van der Waals surface area contributed by atoms with Crippen LogP contribution in [0.25, 0.3) is 0 Å². The van der Waals surface area contributed by atoms with Crippen LogP contribution >= 0.6 is 0 Å². The molecule has 0 spiro atoms. The van der Waals surface area contributed by atoms with Gasteiger partial charge < -0.3 is 25.3 Å². The minimum absolute atomic E-state index is 0.0223. The smallest absolute Gasteiger partial charge is 0.354 e. The van der Waals surface area contributed by atoms with E-state index >= 15 is 0 Å². The van der Waals surface area contributed by atoms with Gasteiger partial charge in [0.15, 0.2) is 0 Å². The molecule has 0 saturated carbocycles. The molecule has 2 atom stereocenters. The summed E-state index contributed by atoms with van der Waals surface area (Å²) >= 11 is 0. The number of aromatic nitrogens is 1. The molecule has 2 aromatic carbocycles. The Bertz CT molecular complexity index is 1510. The number of carbonyl (C=O) groups is 4. The van der Waals surface area contributed by atoms with Crippen molar-refractivity contribution >= 4 is 23.8 Å². The number of nitrogens with one attached hydrogen (secondary N) is 1. The van der Waals surface area contributed by atoms with Gasteiger partial charge in [-0.1, -0.05) is 54.6 Å². The minimum atomic E-state index is -1.19. The highest BCUT2D eigenvalue weighted by Crippen LogP contribution is 2.29. The van der Waals surface area contributed by atoms with Crippen molar-refractivity contribution in [1.29, 1.82) is 0 Å². The van der Waals surface area contributed by atoms with Gasteiger partial charge >= 0.3 is 12.0 Å². The molecule has 0 radical (unpaired) electrons. The number of carbonyl (C=O) groups excluding carboxylic acids is 3. The summed E-state index contributed by atoms with van der Waals surface area (Å²) < 4.78 is 0. The molecule has 3 N–H and O–H groups in total. The van der Waals surface area contributed by atoms with Gasteiger partial charge in [0.2, 0.25) is 11.8 Å². The zero-order valence-electron chi connectivity index (χ0n) is 23.4. The van der Waals surface area contributed by atoms with Crippen molar-refractivity contribution in [2.24, 2.45) is 0 Å². The minimum Gasteiger partial charge on any atom is -0.508 e. The summed E-state index contributed by atoms with van der Waals surface area (Å²) in [4.78, 5) is 60.1. The van der Waals surface area contributed by atoms with Crippen LogP contribution in [0.3, 0.4) is 0 Å². The maximum absolute atomic E-state index is 14.0. The number of nitrogens with zero attached hydrogens (tertiary/aromatic N) is 5. The topological polar surface area (TPSA) is 147 Å². The number of phenolic OH excluding ortho intramolecular Hbond substituents is 1. The third-order valence-electron chi connectivity index (χ3n) is 7.41. The number of carboxylic acid groups (broad SMARTS) is 1. The number of hydrogen-bond donors (Lipinski definition) is 3. The number of benzene rings is 2. The van der Waals surface area contributed by atoms with Crippen LogP contribution < -0.4 is 5.32 Å². The third-order valence-corrected chi connectivity index (χ3v) is 7.41. The lowest BCUT2D eigenvalue weighted by Gasteiger charge is -2.55. The summed E-state index contributed by atoms with van der Waals surface area (Å²) in [6, 6.07) is 18.9. The van der Waals surface area contributed by atoms with Crippen LogP contribution in [0.4, 0.5) is 4.79 Å². The van der Waals surface area contributed by atoms with E-state index in [4.69, 9.17) is 0 Å². The molecule has 4 amide bonds. The first-order valence-electron chi connectivity index (χ1n) is 13.8. The van der Waals surface area contributed by atoms with E-state index in [1.165, 1.54) is 33.0 Å². The molecule has 2 saturated heterocycles. The summed E-state index contributed by atoms with van der Waals surface area (Å²) in [5.41, 5.74) is 1.81. The molecule has 2 fully saturated rings. The number of urea groups is 1.